The van der Waals surface area contributed by atoms with Crippen LogP contribution in [0, 0.1) is 30.6 Å². The van der Waals surface area contributed by atoms with Crippen molar-refractivity contribution in [3.63, 3.8) is 0 Å². The van der Waals surface area contributed by atoms with Crippen molar-refractivity contribution in [1.82, 2.24) is 0 Å². The minimum atomic E-state index is 0.829. The van der Waals surface area contributed by atoms with Crippen molar-refractivity contribution in [3.05, 3.63) is 35.4 Å². The van der Waals surface area contributed by atoms with Crippen LogP contribution in [0.25, 0.3) is 0 Å². The Morgan fingerprint density at radius 3 is 1.82 bits per heavy atom. The summed E-state index contributed by atoms with van der Waals surface area (Å²) in [6.07, 6.45) is 11.7. The lowest BCUT2D eigenvalue weighted by molar-refractivity contribution is 0.138. The van der Waals surface area contributed by atoms with Gasteiger partial charge in [0.1, 0.15) is 0 Å². The van der Waals surface area contributed by atoms with Gasteiger partial charge in [-0.2, -0.15) is 0 Å². The monoisotopic (exact) mass is 298 g/mol. The summed E-state index contributed by atoms with van der Waals surface area (Å²) in [5.41, 5.74) is 2.97. The molecule has 2 aliphatic rings. The van der Waals surface area contributed by atoms with Crippen LogP contribution in [0.3, 0.4) is 0 Å². The highest BCUT2D eigenvalue weighted by Gasteiger charge is 2.31. The van der Waals surface area contributed by atoms with Gasteiger partial charge in [0.25, 0.3) is 0 Å². The lowest BCUT2D eigenvalue weighted by Gasteiger charge is -2.38. The molecular formula is C22H34. The Hall–Kier alpha value is -0.780. The summed E-state index contributed by atoms with van der Waals surface area (Å²) in [6, 6.07) is 9.30. The highest BCUT2D eigenvalue weighted by atomic mass is 14.4. The second kappa shape index (κ2) is 7.20. The van der Waals surface area contributed by atoms with Gasteiger partial charge < -0.3 is 0 Å². The van der Waals surface area contributed by atoms with E-state index in [4.69, 9.17) is 0 Å². The van der Waals surface area contributed by atoms with E-state index >= 15 is 0 Å². The van der Waals surface area contributed by atoms with Gasteiger partial charge in [0.05, 0.1) is 0 Å². The van der Waals surface area contributed by atoms with E-state index in [1.54, 1.807) is 5.56 Å². The summed E-state index contributed by atoms with van der Waals surface area (Å²) in [7, 11) is 0. The first kappa shape index (κ1) is 16.1. The summed E-state index contributed by atoms with van der Waals surface area (Å²) in [4.78, 5) is 0. The predicted octanol–water partition coefficient (Wildman–Crippen LogP) is 6.73. The molecule has 0 saturated heterocycles. The Bertz CT molecular complexity index is 441. The van der Waals surface area contributed by atoms with E-state index in [9.17, 15) is 0 Å². The molecule has 2 fully saturated rings. The fourth-order valence-corrected chi connectivity index (χ4v) is 5.01. The summed E-state index contributed by atoms with van der Waals surface area (Å²) >= 11 is 0. The van der Waals surface area contributed by atoms with Crippen molar-refractivity contribution >= 4 is 0 Å². The van der Waals surface area contributed by atoms with Crippen LogP contribution in [-0.2, 0) is 0 Å². The second-order valence-electron chi connectivity index (χ2n) is 8.40. The van der Waals surface area contributed by atoms with Gasteiger partial charge in [-0.25, -0.2) is 0 Å². The zero-order valence-corrected chi connectivity index (χ0v) is 14.9. The van der Waals surface area contributed by atoms with Crippen LogP contribution in [0.15, 0.2) is 24.3 Å². The third kappa shape index (κ3) is 3.76. The van der Waals surface area contributed by atoms with Crippen molar-refractivity contribution in [2.75, 3.05) is 0 Å². The molecule has 0 spiro atoms. The van der Waals surface area contributed by atoms with Crippen LogP contribution in [0.4, 0.5) is 0 Å². The first-order valence-corrected chi connectivity index (χ1v) is 9.70. The Morgan fingerprint density at radius 2 is 1.27 bits per heavy atom. The molecule has 22 heavy (non-hydrogen) atoms. The van der Waals surface area contributed by atoms with Gasteiger partial charge in [-0.05, 0) is 80.6 Å². The van der Waals surface area contributed by atoms with Gasteiger partial charge in [0, 0.05) is 0 Å². The van der Waals surface area contributed by atoms with Gasteiger partial charge in [-0.3, -0.25) is 0 Å². The molecule has 0 heterocycles. The fraction of sp³-hybridized carbons (Fsp3) is 0.727. The molecule has 0 radical (unpaired) electrons. The summed E-state index contributed by atoms with van der Waals surface area (Å²) in [5, 5.41) is 0. The number of aryl methyl sites for hydroxylation is 1. The molecule has 122 valence electrons. The van der Waals surface area contributed by atoms with Crippen LogP contribution < -0.4 is 0 Å². The Kier molecular flexibility index (Phi) is 5.26. The predicted molar refractivity (Wildman–Crippen MR) is 96.2 cm³/mol. The highest BCUT2D eigenvalue weighted by Crippen LogP contribution is 2.44. The fourth-order valence-electron chi connectivity index (χ4n) is 5.01. The van der Waals surface area contributed by atoms with Crippen molar-refractivity contribution in [3.8, 4) is 0 Å². The number of rotatable bonds is 3. The van der Waals surface area contributed by atoms with Crippen LogP contribution in [0.5, 0.6) is 0 Å². The third-order valence-corrected chi connectivity index (χ3v) is 6.87. The lowest BCUT2D eigenvalue weighted by Crippen LogP contribution is -2.27. The average molecular weight is 299 g/mol. The van der Waals surface area contributed by atoms with Gasteiger partial charge in [-0.1, -0.05) is 56.5 Å². The molecule has 0 amide bonds. The number of hydrogen-bond acceptors (Lipinski definition) is 0. The SMILES string of the molecule is Cc1ccc(C2CCC(C(C)C3CCC(C)CC3)CC2)cc1. The minimum Gasteiger partial charge on any atom is -0.0625 e. The van der Waals surface area contributed by atoms with Crippen LogP contribution >= 0.6 is 0 Å². The van der Waals surface area contributed by atoms with E-state index in [0.29, 0.717) is 0 Å². The molecule has 1 aromatic carbocycles. The van der Waals surface area contributed by atoms with E-state index in [1.165, 1.54) is 56.9 Å². The molecule has 0 aliphatic heterocycles. The highest BCUT2D eigenvalue weighted by molar-refractivity contribution is 5.24. The Balaban J connectivity index is 1.51. The second-order valence-corrected chi connectivity index (χ2v) is 8.40. The van der Waals surface area contributed by atoms with Gasteiger partial charge in [0.15, 0.2) is 0 Å². The maximum absolute atomic E-state index is 2.57. The largest absolute Gasteiger partial charge is 0.0625 e. The third-order valence-electron chi connectivity index (χ3n) is 6.87. The molecular weight excluding hydrogens is 264 g/mol. The maximum atomic E-state index is 2.57. The molecule has 0 nitrogen and oxygen atoms in total. The number of benzene rings is 1. The molecule has 0 aromatic heterocycles. The van der Waals surface area contributed by atoms with E-state index in [-0.39, 0.29) is 0 Å². The number of hydrogen-bond donors (Lipinski definition) is 0. The summed E-state index contributed by atoms with van der Waals surface area (Å²) in [5.74, 6) is 4.81. The van der Waals surface area contributed by atoms with Crippen molar-refractivity contribution < 1.29 is 0 Å². The van der Waals surface area contributed by atoms with E-state index in [1.807, 2.05) is 0 Å². The maximum Gasteiger partial charge on any atom is -0.0162 e. The first-order valence-electron chi connectivity index (χ1n) is 9.70. The van der Waals surface area contributed by atoms with Crippen molar-refractivity contribution in [1.29, 1.82) is 0 Å². The zero-order chi connectivity index (χ0) is 15.5. The van der Waals surface area contributed by atoms with Gasteiger partial charge in [0.2, 0.25) is 0 Å². The minimum absolute atomic E-state index is 0.829. The molecule has 1 unspecified atom stereocenters. The molecule has 1 atom stereocenters. The average Bonchev–Trinajstić information content (AvgIpc) is 2.56. The molecule has 0 heteroatoms. The molecule has 2 aliphatic carbocycles. The quantitative estimate of drug-likeness (QED) is 0.580. The zero-order valence-electron chi connectivity index (χ0n) is 14.9. The van der Waals surface area contributed by atoms with E-state index < -0.39 is 0 Å². The lowest BCUT2D eigenvalue weighted by atomic mass is 9.67. The van der Waals surface area contributed by atoms with Gasteiger partial charge >= 0.3 is 0 Å². The van der Waals surface area contributed by atoms with Crippen molar-refractivity contribution in [2.45, 2.75) is 78.1 Å². The topological polar surface area (TPSA) is 0 Å². The van der Waals surface area contributed by atoms with Gasteiger partial charge in [-0.15, -0.1) is 0 Å². The first-order chi connectivity index (χ1) is 10.6. The standard InChI is InChI=1S/C22H34/c1-16-4-8-19(9-5-16)18(3)20-12-14-22(15-13-20)21-10-6-17(2)7-11-21/h6-7,10-11,16,18-20,22H,4-5,8-9,12-15H2,1-3H3. The van der Waals surface area contributed by atoms with E-state index in [2.05, 4.69) is 45.0 Å². The Morgan fingerprint density at radius 1 is 0.773 bits per heavy atom. The van der Waals surface area contributed by atoms with Crippen LogP contribution in [0.2, 0.25) is 0 Å². The molecule has 1 aromatic rings. The molecule has 0 bridgehead atoms. The smallest absolute Gasteiger partial charge is 0.0162 e. The molecule has 3 rings (SSSR count). The van der Waals surface area contributed by atoms with Crippen LogP contribution in [-0.4, -0.2) is 0 Å². The molecule has 0 N–H and O–H groups in total. The summed E-state index contributed by atoms with van der Waals surface area (Å²) < 4.78 is 0. The van der Waals surface area contributed by atoms with Crippen molar-refractivity contribution in [2.24, 2.45) is 23.7 Å². The Labute approximate surface area is 137 Å². The molecule has 2 saturated carbocycles. The normalized spacial score (nSPS) is 34.3. The van der Waals surface area contributed by atoms with E-state index in [0.717, 1.165) is 29.6 Å². The van der Waals surface area contributed by atoms with Crippen LogP contribution in [0.1, 0.15) is 82.3 Å². The summed E-state index contributed by atoms with van der Waals surface area (Å²) in [6.45, 7) is 7.19.